The molecule has 0 bridgehead atoms. The number of rotatable bonds is 4. The van der Waals surface area contributed by atoms with Crippen molar-refractivity contribution in [3.05, 3.63) is 71.3 Å². The Kier molecular flexibility index (Phi) is 5.82. The first kappa shape index (κ1) is 21.7. The van der Waals surface area contributed by atoms with E-state index in [2.05, 4.69) is 10.1 Å². The van der Waals surface area contributed by atoms with Crippen molar-refractivity contribution in [2.24, 2.45) is 5.92 Å². The lowest BCUT2D eigenvalue weighted by molar-refractivity contribution is -0.285. The Morgan fingerprint density at radius 1 is 1.07 bits per heavy atom. The molecule has 1 saturated heterocycles. The molecule has 1 fully saturated rings. The average Bonchev–Trinajstić information content (AvgIpc) is 2.72. The quantitative estimate of drug-likeness (QED) is 0.384. The van der Waals surface area contributed by atoms with Gasteiger partial charge in [-0.05, 0) is 29.9 Å². The van der Waals surface area contributed by atoms with Crippen LogP contribution in [-0.2, 0) is 4.74 Å². The highest BCUT2D eigenvalue weighted by Gasteiger charge is 2.65. The van der Waals surface area contributed by atoms with Crippen molar-refractivity contribution in [3.63, 3.8) is 0 Å². The van der Waals surface area contributed by atoms with Crippen LogP contribution in [-0.4, -0.2) is 41.0 Å². The van der Waals surface area contributed by atoms with Gasteiger partial charge in [0, 0.05) is 5.56 Å². The molecule has 0 radical (unpaired) electrons. The molecule has 1 aliphatic heterocycles. The van der Waals surface area contributed by atoms with Gasteiger partial charge in [0.25, 0.3) is 0 Å². The maximum Gasteiger partial charge on any atom is 0.437 e. The highest BCUT2D eigenvalue weighted by molar-refractivity contribution is 7.80. The smallest absolute Gasteiger partial charge is 0.437 e. The number of ketones is 1. The monoisotopic (exact) mass is 438 g/mol. The molecule has 6 nitrogen and oxygen atoms in total. The minimum absolute atomic E-state index is 0.00206. The predicted octanol–water partition coefficient (Wildman–Crippen LogP) is 2.74. The molecule has 2 aromatic rings. The molecule has 0 saturated carbocycles. The standard InChI is InChI=1S/C20H17F3N2O4S/c1-29-17(27)13-9-7-11(8-10-13)15-14(16(26)12-5-3-2-4-6-12)19(28,20(21,22)23)25-18(30)24-15/h2-10,14-15,28H,1H3,(H2,24,25,30). The average molecular weight is 438 g/mol. The number of hydrogen-bond donors (Lipinski definition) is 3. The Balaban J connectivity index is 2.11. The van der Waals surface area contributed by atoms with Gasteiger partial charge in [0.05, 0.1) is 18.7 Å². The molecule has 3 N–H and O–H groups in total. The zero-order chi connectivity index (χ0) is 22.1. The second kappa shape index (κ2) is 8.04. The van der Waals surface area contributed by atoms with E-state index in [-0.39, 0.29) is 16.7 Å². The predicted molar refractivity (Wildman–Crippen MR) is 105 cm³/mol. The third kappa shape index (κ3) is 3.88. The van der Waals surface area contributed by atoms with Gasteiger partial charge in [0.2, 0.25) is 5.72 Å². The molecule has 30 heavy (non-hydrogen) atoms. The fraction of sp³-hybridized carbons (Fsp3) is 0.250. The topological polar surface area (TPSA) is 87.7 Å². The zero-order valence-corrected chi connectivity index (χ0v) is 16.4. The molecule has 3 rings (SSSR count). The Morgan fingerprint density at radius 3 is 2.20 bits per heavy atom. The van der Waals surface area contributed by atoms with Gasteiger partial charge in [-0.15, -0.1) is 0 Å². The first-order valence-electron chi connectivity index (χ1n) is 8.74. The number of thiocarbonyl (C=S) groups is 1. The van der Waals surface area contributed by atoms with E-state index in [0.717, 1.165) is 0 Å². The summed E-state index contributed by atoms with van der Waals surface area (Å²) in [6.07, 6.45) is -5.21. The Bertz CT molecular complexity index is 966. The second-order valence-electron chi connectivity index (χ2n) is 6.66. The Labute approximate surface area is 175 Å². The zero-order valence-electron chi connectivity index (χ0n) is 15.6. The molecule has 3 unspecified atom stereocenters. The number of halogens is 3. The minimum atomic E-state index is -5.21. The van der Waals surface area contributed by atoms with Crippen molar-refractivity contribution < 1.29 is 32.6 Å². The summed E-state index contributed by atoms with van der Waals surface area (Å²) in [5, 5.41) is 14.6. The molecular formula is C20H17F3N2O4S. The van der Waals surface area contributed by atoms with Crippen molar-refractivity contribution in [3.8, 4) is 0 Å². The summed E-state index contributed by atoms with van der Waals surface area (Å²) in [6.45, 7) is 0. The van der Waals surface area contributed by atoms with Crippen LogP contribution in [0.3, 0.4) is 0 Å². The van der Waals surface area contributed by atoms with Gasteiger partial charge in [-0.2, -0.15) is 13.2 Å². The van der Waals surface area contributed by atoms with Crippen molar-refractivity contribution in [1.82, 2.24) is 10.6 Å². The van der Waals surface area contributed by atoms with Crippen LogP contribution in [0.15, 0.2) is 54.6 Å². The van der Waals surface area contributed by atoms with Crippen molar-refractivity contribution >= 4 is 29.1 Å². The van der Waals surface area contributed by atoms with E-state index in [4.69, 9.17) is 12.2 Å². The van der Waals surface area contributed by atoms with Crippen LogP contribution in [0, 0.1) is 5.92 Å². The maximum atomic E-state index is 13.9. The van der Waals surface area contributed by atoms with E-state index in [9.17, 15) is 27.9 Å². The van der Waals surface area contributed by atoms with Gasteiger partial charge in [-0.3, -0.25) is 4.79 Å². The van der Waals surface area contributed by atoms with Crippen LogP contribution in [0.1, 0.15) is 32.3 Å². The molecule has 1 heterocycles. The lowest BCUT2D eigenvalue weighted by Crippen LogP contribution is -2.72. The van der Waals surface area contributed by atoms with E-state index in [1.807, 2.05) is 5.32 Å². The van der Waals surface area contributed by atoms with E-state index in [1.54, 1.807) is 6.07 Å². The molecule has 3 atom stereocenters. The Hall–Kier alpha value is -2.98. The van der Waals surface area contributed by atoms with E-state index >= 15 is 0 Å². The van der Waals surface area contributed by atoms with E-state index in [1.165, 1.54) is 55.6 Å². The molecule has 0 amide bonds. The van der Waals surface area contributed by atoms with Gasteiger partial charge in [-0.1, -0.05) is 42.5 Å². The second-order valence-corrected chi connectivity index (χ2v) is 7.07. The summed E-state index contributed by atoms with van der Waals surface area (Å²) in [4.78, 5) is 24.8. The van der Waals surface area contributed by atoms with E-state index in [0.29, 0.717) is 0 Å². The summed E-state index contributed by atoms with van der Waals surface area (Å²) in [7, 11) is 1.20. The van der Waals surface area contributed by atoms with Crippen LogP contribution < -0.4 is 10.6 Å². The van der Waals surface area contributed by atoms with E-state index < -0.39 is 40.7 Å². The molecule has 0 aromatic heterocycles. The fourth-order valence-corrected chi connectivity index (χ4v) is 3.63. The molecule has 0 spiro atoms. The number of carbonyl (C=O) groups excluding carboxylic acids is 2. The van der Waals surface area contributed by atoms with Gasteiger partial charge >= 0.3 is 12.1 Å². The number of hydrogen-bond acceptors (Lipinski definition) is 5. The van der Waals surface area contributed by atoms with Gasteiger partial charge in [0.15, 0.2) is 10.9 Å². The van der Waals surface area contributed by atoms with Crippen LogP contribution in [0.5, 0.6) is 0 Å². The summed E-state index contributed by atoms with van der Waals surface area (Å²) in [6, 6.07) is 11.5. The SMILES string of the molecule is COC(=O)c1ccc(C2NC(=S)NC(O)(C(F)(F)F)C2C(=O)c2ccccc2)cc1. The molecule has 0 aliphatic carbocycles. The number of ether oxygens (including phenoxy) is 1. The molecule has 10 heteroatoms. The summed E-state index contributed by atoms with van der Waals surface area (Å²) in [5.41, 5.74) is -3.20. The third-order valence-corrected chi connectivity index (χ3v) is 5.06. The lowest BCUT2D eigenvalue weighted by Gasteiger charge is -2.46. The molecule has 158 valence electrons. The number of esters is 1. The summed E-state index contributed by atoms with van der Waals surface area (Å²) in [5.74, 6) is -3.56. The summed E-state index contributed by atoms with van der Waals surface area (Å²) >= 11 is 4.88. The highest BCUT2D eigenvalue weighted by Crippen LogP contribution is 2.44. The summed E-state index contributed by atoms with van der Waals surface area (Å²) < 4.78 is 46.4. The van der Waals surface area contributed by atoms with Crippen molar-refractivity contribution in [1.29, 1.82) is 0 Å². The number of nitrogens with one attached hydrogen (secondary N) is 2. The minimum Gasteiger partial charge on any atom is -0.465 e. The van der Waals surface area contributed by atoms with Crippen molar-refractivity contribution in [2.75, 3.05) is 7.11 Å². The third-order valence-electron chi connectivity index (χ3n) is 4.84. The number of carbonyl (C=O) groups is 2. The Morgan fingerprint density at radius 2 is 1.67 bits per heavy atom. The molecule has 1 aliphatic rings. The van der Waals surface area contributed by atoms with Crippen LogP contribution in [0.4, 0.5) is 13.2 Å². The first-order valence-corrected chi connectivity index (χ1v) is 9.14. The van der Waals surface area contributed by atoms with Crippen LogP contribution in [0.2, 0.25) is 0 Å². The maximum absolute atomic E-state index is 13.9. The highest BCUT2D eigenvalue weighted by atomic mass is 32.1. The number of benzene rings is 2. The van der Waals surface area contributed by atoms with Gasteiger partial charge in [-0.25, -0.2) is 4.79 Å². The van der Waals surface area contributed by atoms with Crippen LogP contribution in [0.25, 0.3) is 0 Å². The van der Waals surface area contributed by atoms with Gasteiger partial charge in [0.1, 0.15) is 5.92 Å². The lowest BCUT2D eigenvalue weighted by atomic mass is 9.77. The van der Waals surface area contributed by atoms with Crippen molar-refractivity contribution in [2.45, 2.75) is 17.9 Å². The normalized spacial score (nSPS) is 23.8. The van der Waals surface area contributed by atoms with Gasteiger partial charge < -0.3 is 20.5 Å². The molecular weight excluding hydrogens is 421 g/mol. The number of methoxy groups -OCH3 is 1. The number of aliphatic hydroxyl groups is 1. The molecule has 2 aromatic carbocycles. The number of alkyl halides is 3. The largest absolute Gasteiger partial charge is 0.465 e. The van der Waals surface area contributed by atoms with Crippen LogP contribution >= 0.6 is 12.2 Å². The first-order chi connectivity index (χ1) is 14.1. The fourth-order valence-electron chi connectivity index (χ4n) is 3.34. The number of Topliss-reactive ketones (excluding diaryl/α,β-unsaturated/α-hetero) is 1.